The molecule has 0 heterocycles. The number of benzene rings is 1. The molecule has 1 rings (SSSR count). The van der Waals surface area contributed by atoms with Gasteiger partial charge >= 0.3 is 6.18 Å². The summed E-state index contributed by atoms with van der Waals surface area (Å²) in [6, 6.07) is 3.74. The smallest absolute Gasteiger partial charge is 0.416 e. The van der Waals surface area contributed by atoms with E-state index in [1.807, 2.05) is 0 Å². The number of carbonyl (C=O) groups excluding carboxylic acids is 1. The Hall–Kier alpha value is -1.37. The van der Waals surface area contributed by atoms with Gasteiger partial charge in [-0.2, -0.15) is 13.2 Å². The summed E-state index contributed by atoms with van der Waals surface area (Å²) in [5, 5.41) is 0. The minimum absolute atomic E-state index is 0.241. The number of carbonyl (C=O) groups is 1. The highest BCUT2D eigenvalue weighted by molar-refractivity contribution is 7.49. The van der Waals surface area contributed by atoms with E-state index < -0.39 is 37.9 Å². The largest absolute Gasteiger partial charge is 0.810 e. The molecule has 19 heavy (non-hydrogen) atoms. The second kappa shape index (κ2) is 5.73. The summed E-state index contributed by atoms with van der Waals surface area (Å²) in [6.45, 7) is -0.782. The summed E-state index contributed by atoms with van der Waals surface area (Å²) in [7, 11) is -4.99. The number of rotatable bonds is 5. The summed E-state index contributed by atoms with van der Waals surface area (Å²) in [6.07, 6.45) is -5.78. The molecular formula is C10H8F3O5P-2. The van der Waals surface area contributed by atoms with E-state index in [1.165, 1.54) is 6.07 Å². The molecule has 1 aromatic rings. The van der Waals surface area contributed by atoms with Crippen LogP contribution in [0.4, 0.5) is 13.2 Å². The van der Waals surface area contributed by atoms with E-state index in [9.17, 15) is 32.3 Å². The van der Waals surface area contributed by atoms with Crippen molar-refractivity contribution in [1.82, 2.24) is 0 Å². The first kappa shape index (κ1) is 15.7. The summed E-state index contributed by atoms with van der Waals surface area (Å²) in [5.74, 6) is -1.26. The summed E-state index contributed by atoms with van der Waals surface area (Å²) in [4.78, 5) is 31.6. The van der Waals surface area contributed by atoms with Crippen molar-refractivity contribution < 1.29 is 37.1 Å². The van der Waals surface area contributed by atoms with Crippen molar-refractivity contribution in [2.24, 2.45) is 0 Å². The molecule has 1 aromatic carbocycles. The minimum Gasteiger partial charge on any atom is -0.810 e. The molecule has 0 bridgehead atoms. The van der Waals surface area contributed by atoms with Gasteiger partial charge in [-0.05, 0) is 18.2 Å². The fourth-order valence-electron chi connectivity index (χ4n) is 1.19. The average molecular weight is 296 g/mol. The predicted octanol–water partition coefficient (Wildman–Crippen LogP) is 0.567. The van der Waals surface area contributed by atoms with Crippen LogP contribution in [0, 0.1) is 0 Å². The van der Waals surface area contributed by atoms with E-state index in [0.29, 0.717) is 6.07 Å². The molecule has 0 unspecified atom stereocenters. The molecule has 0 N–H and O–H groups in total. The number of halogens is 3. The van der Waals surface area contributed by atoms with Crippen LogP contribution in [0.15, 0.2) is 24.3 Å². The molecule has 0 aromatic heterocycles. The van der Waals surface area contributed by atoms with Gasteiger partial charge < -0.3 is 19.1 Å². The second-order valence-electron chi connectivity index (χ2n) is 3.62. The van der Waals surface area contributed by atoms with Gasteiger partial charge in [-0.15, -0.1) is 0 Å². The first-order valence-electron chi connectivity index (χ1n) is 4.91. The molecule has 5 nitrogen and oxygen atoms in total. The Labute approximate surface area is 106 Å². The molecular weight excluding hydrogens is 288 g/mol. The first-order valence-corrected chi connectivity index (χ1v) is 6.63. The van der Waals surface area contributed by atoms with Crippen LogP contribution in [0.25, 0.3) is 0 Å². The highest BCUT2D eigenvalue weighted by Gasteiger charge is 2.30. The van der Waals surface area contributed by atoms with Crippen LogP contribution in [-0.4, -0.2) is 18.6 Å². The normalized spacial score (nSPS) is 12.3. The van der Waals surface area contributed by atoms with Crippen molar-refractivity contribution in [3.8, 4) is 5.75 Å². The summed E-state index contributed by atoms with van der Waals surface area (Å²) < 4.78 is 52.0. The molecule has 0 amide bonds. The zero-order valence-corrected chi connectivity index (χ0v) is 10.2. The van der Waals surface area contributed by atoms with E-state index in [1.54, 1.807) is 0 Å². The molecule has 106 valence electrons. The van der Waals surface area contributed by atoms with Gasteiger partial charge in [0.15, 0.2) is 5.78 Å². The zero-order chi connectivity index (χ0) is 14.7. The maximum absolute atomic E-state index is 12.3. The van der Waals surface area contributed by atoms with Gasteiger partial charge in [-0.3, -0.25) is 4.79 Å². The third-order valence-electron chi connectivity index (χ3n) is 1.93. The van der Waals surface area contributed by atoms with Gasteiger partial charge in [0.25, 0.3) is 0 Å². The van der Waals surface area contributed by atoms with E-state index >= 15 is 0 Å². The highest BCUT2D eigenvalue weighted by atomic mass is 31.2. The first-order chi connectivity index (χ1) is 8.58. The number of ketones is 1. The number of hydrogen-bond donors (Lipinski definition) is 0. The Bertz CT molecular complexity index is 508. The Morgan fingerprint density at radius 1 is 1.32 bits per heavy atom. The number of hydrogen-bond acceptors (Lipinski definition) is 5. The average Bonchev–Trinajstić information content (AvgIpc) is 2.23. The predicted molar refractivity (Wildman–Crippen MR) is 54.4 cm³/mol. The molecule has 0 atom stereocenters. The number of alkyl halides is 3. The number of ether oxygens (including phenoxy) is 1. The van der Waals surface area contributed by atoms with E-state index in [4.69, 9.17) is 4.74 Å². The Balaban J connectivity index is 2.64. The Morgan fingerprint density at radius 2 is 1.95 bits per heavy atom. The van der Waals surface area contributed by atoms with Crippen molar-refractivity contribution in [2.75, 3.05) is 12.8 Å². The molecule has 0 fully saturated rings. The number of Topliss-reactive ketones (excluding diaryl/α,β-unsaturated/α-hetero) is 1. The third kappa shape index (κ3) is 5.87. The van der Waals surface area contributed by atoms with Gasteiger partial charge in [0, 0.05) is 6.16 Å². The van der Waals surface area contributed by atoms with Gasteiger partial charge in [0.05, 0.1) is 5.56 Å². The lowest BCUT2D eigenvalue weighted by molar-refractivity contribution is -0.312. The van der Waals surface area contributed by atoms with Crippen LogP contribution >= 0.6 is 7.60 Å². The van der Waals surface area contributed by atoms with Gasteiger partial charge in [0.2, 0.25) is 0 Å². The van der Waals surface area contributed by atoms with Gasteiger partial charge in [-0.1, -0.05) is 13.7 Å². The standard InChI is InChI=1S/C10H10F3O5P/c11-10(12,13)7-2-1-3-9(4-7)18-5-8(14)6-19(15,16)17/h1-4H,5-6H2,(H2,15,16,17)/p-2. The molecule has 0 spiro atoms. The third-order valence-corrected chi connectivity index (χ3v) is 2.67. The maximum atomic E-state index is 12.3. The van der Waals surface area contributed by atoms with Crippen molar-refractivity contribution >= 4 is 13.4 Å². The van der Waals surface area contributed by atoms with E-state index in [0.717, 1.165) is 12.1 Å². The van der Waals surface area contributed by atoms with Crippen molar-refractivity contribution in [2.45, 2.75) is 6.18 Å². The van der Waals surface area contributed by atoms with Crippen molar-refractivity contribution in [3.05, 3.63) is 29.8 Å². The fraction of sp³-hybridized carbons (Fsp3) is 0.300. The molecule has 0 aliphatic rings. The van der Waals surface area contributed by atoms with Crippen LogP contribution in [-0.2, 0) is 15.5 Å². The molecule has 0 saturated heterocycles. The minimum atomic E-state index is -4.99. The van der Waals surface area contributed by atoms with E-state index in [2.05, 4.69) is 0 Å². The SMILES string of the molecule is O=C(COc1cccc(C(F)(F)F)c1)CP(=O)([O-])[O-]. The van der Waals surface area contributed by atoms with Gasteiger partial charge in [-0.25, -0.2) is 0 Å². The van der Waals surface area contributed by atoms with Crippen LogP contribution in [0.5, 0.6) is 5.75 Å². The second-order valence-corrected chi connectivity index (χ2v) is 5.16. The highest BCUT2D eigenvalue weighted by Crippen LogP contribution is 2.31. The topological polar surface area (TPSA) is 89.5 Å². The quantitative estimate of drug-likeness (QED) is 0.741. The van der Waals surface area contributed by atoms with Crippen LogP contribution in [0.3, 0.4) is 0 Å². The van der Waals surface area contributed by atoms with Crippen molar-refractivity contribution in [1.29, 1.82) is 0 Å². The zero-order valence-electron chi connectivity index (χ0n) is 9.35. The Morgan fingerprint density at radius 3 is 2.47 bits per heavy atom. The van der Waals surface area contributed by atoms with Crippen LogP contribution in [0.2, 0.25) is 0 Å². The van der Waals surface area contributed by atoms with Crippen LogP contribution < -0.4 is 14.5 Å². The van der Waals surface area contributed by atoms with Gasteiger partial charge in [0.1, 0.15) is 12.4 Å². The summed E-state index contributed by atoms with van der Waals surface area (Å²) >= 11 is 0. The Kier molecular flexibility index (Phi) is 4.73. The molecule has 0 saturated carbocycles. The lowest BCUT2D eigenvalue weighted by Crippen LogP contribution is -2.25. The lowest BCUT2D eigenvalue weighted by atomic mass is 10.2. The molecule has 0 aliphatic heterocycles. The van der Waals surface area contributed by atoms with E-state index in [-0.39, 0.29) is 5.75 Å². The maximum Gasteiger partial charge on any atom is 0.416 e. The van der Waals surface area contributed by atoms with Crippen LogP contribution in [0.1, 0.15) is 5.56 Å². The monoisotopic (exact) mass is 296 g/mol. The molecule has 0 radical (unpaired) electrons. The molecule has 9 heteroatoms. The fourth-order valence-corrected chi connectivity index (χ4v) is 1.71. The summed E-state index contributed by atoms with van der Waals surface area (Å²) in [5.41, 5.74) is -0.962. The molecule has 0 aliphatic carbocycles. The lowest BCUT2D eigenvalue weighted by Gasteiger charge is -2.28. The van der Waals surface area contributed by atoms with Crippen molar-refractivity contribution in [3.63, 3.8) is 0 Å².